The molecule has 2 aromatic carbocycles. The van der Waals surface area contributed by atoms with Gasteiger partial charge in [0, 0.05) is 43.8 Å². The summed E-state index contributed by atoms with van der Waals surface area (Å²) < 4.78 is 57.7. The maximum absolute atomic E-state index is 14.2. The van der Waals surface area contributed by atoms with Gasteiger partial charge in [0.05, 0.1) is 63.4 Å². The van der Waals surface area contributed by atoms with E-state index < -0.39 is 35.2 Å². The molecule has 290 valence electrons. The average Bonchev–Trinajstić information content (AvgIpc) is 3.57. The zero-order valence-corrected chi connectivity index (χ0v) is 32.0. The van der Waals surface area contributed by atoms with Crippen molar-refractivity contribution in [3.8, 4) is 28.8 Å². The lowest BCUT2D eigenvalue weighted by atomic mass is 9.99. The Kier molecular flexibility index (Phi) is 11.4. The van der Waals surface area contributed by atoms with E-state index in [9.17, 15) is 27.2 Å². The lowest BCUT2D eigenvalue weighted by Gasteiger charge is -2.37. The first-order valence-electron chi connectivity index (χ1n) is 17.4. The quantitative estimate of drug-likeness (QED) is 0.128. The summed E-state index contributed by atoms with van der Waals surface area (Å²) >= 11 is 2.16. The fourth-order valence-electron chi connectivity index (χ4n) is 5.90. The molecule has 2 amide bonds. The lowest BCUT2D eigenvalue weighted by molar-refractivity contribution is -0.138. The Hall–Kier alpha value is -6.43. The standard InChI is InChI=1S/C25H20F2N8O2.C10H8F2N2.C3H3IN2/c26-15-3-4-17(27)20(5-15)35-11-19(31-12-35)18-8-30-23-22(32-18)16(7-29-23)24(36)33-21(14-1-2-14)25(37)34-9-13(6-28)10-34;1-7-5-14(6-13-7)10-4-8(11)2-3-9(10)12;4-3-1-5-2-6-3/h3-5,7-8,11-14,21H,1-2,9-10H2,(H,29,30)(H,33,36);2-6H,1H3;1-2H,(H,5,6)/t21-;;/m1../s1. The van der Waals surface area contributed by atoms with E-state index in [-0.39, 0.29) is 40.2 Å². The minimum Gasteiger partial charge on any atom is -0.344 e. The summed E-state index contributed by atoms with van der Waals surface area (Å²) in [5.41, 5.74) is 2.48. The zero-order chi connectivity index (χ0) is 40.2. The molecule has 9 rings (SSSR count). The number of nitriles is 1. The number of nitrogens with one attached hydrogen (secondary N) is 3. The van der Waals surface area contributed by atoms with Crippen LogP contribution in [0, 0.1) is 57.1 Å². The highest BCUT2D eigenvalue weighted by molar-refractivity contribution is 14.1. The SMILES string of the molecule is Cc1cn(-c2cc(F)ccc2F)cn1.Ic1cnc[nH]1.N#CC1CN(C(=O)[C@H](NC(=O)c2c[nH]c3ncc(-c4cn(-c5cc(F)ccc5F)cn4)nc23)C2CC2)C1. The molecular formula is C38H31F4IN12O2. The molecular weight excluding hydrogens is 859 g/mol. The fourth-order valence-corrected chi connectivity index (χ4v) is 6.20. The molecule has 1 atom stereocenters. The predicted molar refractivity (Wildman–Crippen MR) is 206 cm³/mol. The Bertz CT molecular complexity index is 2590. The highest BCUT2D eigenvalue weighted by Crippen LogP contribution is 2.35. The summed E-state index contributed by atoms with van der Waals surface area (Å²) in [5, 5.41) is 11.8. The van der Waals surface area contributed by atoms with Gasteiger partial charge >= 0.3 is 0 Å². The zero-order valence-electron chi connectivity index (χ0n) is 29.9. The number of hydrogen-bond donors (Lipinski definition) is 3. The third kappa shape index (κ3) is 9.01. The Balaban J connectivity index is 0.000000202. The number of H-pyrrole nitrogens is 2. The molecule has 5 aromatic heterocycles. The van der Waals surface area contributed by atoms with Crippen LogP contribution >= 0.6 is 22.6 Å². The number of aromatic nitrogens is 9. The van der Waals surface area contributed by atoms with Crippen LogP contribution in [0.3, 0.4) is 0 Å². The van der Waals surface area contributed by atoms with Crippen LogP contribution in [0.5, 0.6) is 0 Å². The Morgan fingerprint density at radius 2 is 1.58 bits per heavy atom. The predicted octanol–water partition coefficient (Wildman–Crippen LogP) is 6.05. The average molecular weight is 891 g/mol. The van der Waals surface area contributed by atoms with Crippen molar-refractivity contribution in [2.24, 2.45) is 11.8 Å². The number of hydrogen-bond acceptors (Lipinski definition) is 8. The van der Waals surface area contributed by atoms with Gasteiger partial charge in [-0.1, -0.05) is 0 Å². The first-order chi connectivity index (χ1) is 27.5. The number of nitrogens with zero attached hydrogens (tertiary/aromatic N) is 9. The van der Waals surface area contributed by atoms with Gasteiger partial charge in [0.1, 0.15) is 52.5 Å². The second-order valence-electron chi connectivity index (χ2n) is 13.2. The van der Waals surface area contributed by atoms with Gasteiger partial charge in [0.2, 0.25) is 5.91 Å². The maximum Gasteiger partial charge on any atom is 0.255 e. The second kappa shape index (κ2) is 16.7. The number of aryl methyl sites for hydroxylation is 1. The molecule has 1 saturated heterocycles. The van der Waals surface area contributed by atoms with Crippen LogP contribution < -0.4 is 5.32 Å². The van der Waals surface area contributed by atoms with Crippen molar-refractivity contribution in [1.29, 1.82) is 5.26 Å². The summed E-state index contributed by atoms with van der Waals surface area (Å²) in [6, 6.07) is 7.92. The van der Waals surface area contributed by atoms with E-state index in [1.165, 1.54) is 40.4 Å². The van der Waals surface area contributed by atoms with Gasteiger partial charge in [0.25, 0.3) is 5.91 Å². The monoisotopic (exact) mass is 890 g/mol. The number of rotatable bonds is 7. The number of halogens is 5. The number of amides is 2. The van der Waals surface area contributed by atoms with Crippen LogP contribution in [0.1, 0.15) is 28.9 Å². The Morgan fingerprint density at radius 3 is 2.14 bits per heavy atom. The topological polar surface area (TPSA) is 179 Å². The molecule has 2 aliphatic rings. The number of benzene rings is 2. The molecule has 57 heavy (non-hydrogen) atoms. The maximum atomic E-state index is 14.2. The van der Waals surface area contributed by atoms with Gasteiger partial charge in [-0.2, -0.15) is 5.26 Å². The van der Waals surface area contributed by atoms with Crippen LogP contribution in [0.15, 0.2) is 86.4 Å². The summed E-state index contributed by atoms with van der Waals surface area (Å²) in [4.78, 5) is 54.3. The van der Waals surface area contributed by atoms with Crippen LogP contribution in [-0.4, -0.2) is 79.9 Å². The van der Waals surface area contributed by atoms with Crippen molar-refractivity contribution in [3.63, 3.8) is 0 Å². The molecule has 1 aliphatic heterocycles. The van der Waals surface area contributed by atoms with E-state index in [4.69, 9.17) is 5.26 Å². The summed E-state index contributed by atoms with van der Waals surface area (Å²) in [7, 11) is 0. The summed E-state index contributed by atoms with van der Waals surface area (Å²) in [6.07, 6.45) is 14.0. The van der Waals surface area contributed by atoms with Crippen LogP contribution in [0.4, 0.5) is 17.6 Å². The molecule has 3 N–H and O–H groups in total. The molecule has 1 saturated carbocycles. The van der Waals surface area contributed by atoms with Crippen molar-refractivity contribution in [2.75, 3.05) is 13.1 Å². The molecule has 0 unspecified atom stereocenters. The molecule has 19 heteroatoms. The van der Waals surface area contributed by atoms with E-state index >= 15 is 0 Å². The van der Waals surface area contributed by atoms with Crippen LogP contribution in [0.25, 0.3) is 33.9 Å². The molecule has 0 bridgehead atoms. The van der Waals surface area contributed by atoms with Gasteiger partial charge < -0.3 is 29.3 Å². The van der Waals surface area contributed by atoms with Crippen molar-refractivity contribution < 1.29 is 27.2 Å². The molecule has 7 aromatic rings. The van der Waals surface area contributed by atoms with Crippen LogP contribution in [-0.2, 0) is 4.79 Å². The minimum atomic E-state index is -0.662. The van der Waals surface area contributed by atoms with Gasteiger partial charge in [-0.3, -0.25) is 9.59 Å². The third-order valence-electron chi connectivity index (χ3n) is 9.04. The van der Waals surface area contributed by atoms with Gasteiger partial charge in [-0.25, -0.2) is 42.5 Å². The van der Waals surface area contributed by atoms with Crippen molar-refractivity contribution >= 4 is 45.6 Å². The fraction of sp³-hybridized carbons (Fsp3) is 0.211. The Morgan fingerprint density at radius 1 is 0.912 bits per heavy atom. The largest absolute Gasteiger partial charge is 0.344 e. The van der Waals surface area contributed by atoms with Crippen molar-refractivity contribution in [1.82, 2.24) is 54.2 Å². The number of carbonyl (C=O) groups is 2. The summed E-state index contributed by atoms with van der Waals surface area (Å²) in [6.45, 7) is 2.54. The Labute approximate surface area is 335 Å². The highest BCUT2D eigenvalue weighted by atomic mass is 127. The first-order valence-corrected chi connectivity index (χ1v) is 18.5. The van der Waals surface area contributed by atoms with E-state index in [1.54, 1.807) is 30.5 Å². The normalized spacial score (nSPS) is 14.1. The number of carbonyl (C=O) groups excluding carboxylic acids is 2. The highest BCUT2D eigenvalue weighted by Gasteiger charge is 2.43. The number of imidazole rings is 3. The molecule has 6 heterocycles. The molecule has 0 spiro atoms. The minimum absolute atomic E-state index is 0.00595. The smallest absolute Gasteiger partial charge is 0.255 e. The number of likely N-dealkylation sites (tertiary alicyclic amines) is 1. The van der Waals surface area contributed by atoms with Gasteiger partial charge in [-0.05, 0) is 72.5 Å². The van der Waals surface area contributed by atoms with Crippen molar-refractivity contribution in [2.45, 2.75) is 25.8 Å². The van der Waals surface area contributed by atoms with Gasteiger partial charge in [-0.15, -0.1) is 0 Å². The number of fused-ring (bicyclic) bond motifs is 1. The van der Waals surface area contributed by atoms with E-state index in [1.807, 2.05) is 0 Å². The lowest BCUT2D eigenvalue weighted by Crippen LogP contribution is -2.57. The molecule has 14 nitrogen and oxygen atoms in total. The van der Waals surface area contributed by atoms with E-state index in [0.717, 1.165) is 58.6 Å². The van der Waals surface area contributed by atoms with E-state index in [0.29, 0.717) is 30.1 Å². The van der Waals surface area contributed by atoms with Gasteiger partial charge in [0.15, 0.2) is 5.65 Å². The van der Waals surface area contributed by atoms with Crippen LogP contribution in [0.2, 0.25) is 0 Å². The molecule has 1 aliphatic carbocycles. The third-order valence-corrected chi connectivity index (χ3v) is 9.63. The number of aromatic amines is 2. The second-order valence-corrected chi connectivity index (χ2v) is 14.4. The summed E-state index contributed by atoms with van der Waals surface area (Å²) in [5.74, 6) is -2.87. The first kappa shape index (κ1) is 38.8. The molecule has 2 fully saturated rings. The molecule has 0 radical (unpaired) electrons. The van der Waals surface area contributed by atoms with Crippen molar-refractivity contribution in [3.05, 3.63) is 125 Å². The van der Waals surface area contributed by atoms with E-state index in [2.05, 4.69) is 68.9 Å².